The minimum atomic E-state index is -2.77. The van der Waals surface area contributed by atoms with Crippen molar-refractivity contribution in [3.8, 4) is 0 Å². The molecule has 1 fully saturated rings. The molecule has 6 heteroatoms. The molecule has 0 saturated carbocycles. The van der Waals surface area contributed by atoms with E-state index in [2.05, 4.69) is 0 Å². The Kier molecular flexibility index (Phi) is 1.64. The van der Waals surface area contributed by atoms with E-state index in [0.717, 1.165) is 0 Å². The van der Waals surface area contributed by atoms with Gasteiger partial charge in [-0.1, -0.05) is 23.2 Å². The van der Waals surface area contributed by atoms with Crippen LogP contribution in [0.4, 0.5) is 8.78 Å². The van der Waals surface area contributed by atoms with Gasteiger partial charge >= 0.3 is 4.59 Å². The molecule has 0 aromatic carbocycles. The molecule has 48 valence electrons. The summed E-state index contributed by atoms with van der Waals surface area (Å²) < 4.78 is 19.5. The second kappa shape index (κ2) is 1.81. The molecule has 0 spiro atoms. The Morgan fingerprint density at radius 3 is 1.50 bits per heavy atom. The molecule has 1 saturated heterocycles. The van der Waals surface area contributed by atoms with Crippen LogP contribution in [0.25, 0.3) is 0 Å². The highest BCUT2D eigenvalue weighted by molar-refractivity contribution is 8.38. The van der Waals surface area contributed by atoms with Crippen molar-refractivity contribution >= 4 is 46.7 Å². The number of rotatable bonds is 0. The highest BCUT2D eigenvalue weighted by Gasteiger charge is 2.57. The minimum absolute atomic E-state index is 0.248. The smallest absolute Gasteiger partial charge is 0.182 e. The zero-order chi connectivity index (χ0) is 6.41. The number of thioether (sulfide) groups is 2. The highest BCUT2D eigenvalue weighted by Crippen LogP contribution is 2.70. The first-order valence-electron chi connectivity index (χ1n) is 1.57. The van der Waals surface area contributed by atoms with E-state index in [9.17, 15) is 8.78 Å². The molecule has 8 heavy (non-hydrogen) atoms. The highest BCUT2D eigenvalue weighted by atomic mass is 35.5. The van der Waals surface area contributed by atoms with Crippen molar-refractivity contribution in [3.63, 3.8) is 0 Å². The van der Waals surface area contributed by atoms with Gasteiger partial charge in [-0.05, 0) is 23.5 Å². The fraction of sp³-hybridized carbons (Fsp3) is 1.00. The Bertz CT molecular complexity index is 92.6. The lowest BCUT2D eigenvalue weighted by atomic mass is 11.6. The van der Waals surface area contributed by atoms with Crippen LogP contribution in [-0.2, 0) is 0 Å². The van der Waals surface area contributed by atoms with Gasteiger partial charge in [0.1, 0.15) is 0 Å². The van der Waals surface area contributed by atoms with Crippen molar-refractivity contribution in [2.75, 3.05) is 0 Å². The van der Waals surface area contributed by atoms with E-state index in [-0.39, 0.29) is 23.5 Å². The van der Waals surface area contributed by atoms with Crippen molar-refractivity contribution in [2.24, 2.45) is 0 Å². The van der Waals surface area contributed by atoms with Crippen LogP contribution in [0, 0.1) is 0 Å². The Balaban J connectivity index is 2.42. The average Bonchev–Trinajstić information content (AvgIpc) is 1.20. The molecule has 1 aliphatic rings. The van der Waals surface area contributed by atoms with Gasteiger partial charge in [-0.25, -0.2) is 0 Å². The van der Waals surface area contributed by atoms with Crippen molar-refractivity contribution in [1.29, 1.82) is 0 Å². The first kappa shape index (κ1) is 7.25. The molecule has 0 bridgehead atoms. The van der Waals surface area contributed by atoms with E-state index < -0.39 is 7.58 Å². The molecule has 0 N–H and O–H groups in total. The summed E-state index contributed by atoms with van der Waals surface area (Å²) >= 11 is 10.9. The van der Waals surface area contributed by atoms with E-state index in [1.54, 1.807) is 0 Å². The lowest BCUT2D eigenvalue weighted by molar-refractivity contribution is 0.207. The first-order chi connectivity index (χ1) is 3.41. The van der Waals surface area contributed by atoms with Crippen molar-refractivity contribution in [3.05, 3.63) is 0 Å². The second-order valence-electron chi connectivity index (χ2n) is 1.13. The summed E-state index contributed by atoms with van der Waals surface area (Å²) in [7, 11) is 0. The number of halogens is 4. The van der Waals surface area contributed by atoms with Gasteiger partial charge in [0.2, 0.25) is 3.00 Å². The molecule has 1 heterocycles. The van der Waals surface area contributed by atoms with Crippen LogP contribution in [0.1, 0.15) is 0 Å². The number of alkyl halides is 4. The molecular formula is C2Cl2F2S2. The largest absolute Gasteiger partial charge is 0.348 e. The van der Waals surface area contributed by atoms with Crippen LogP contribution >= 0.6 is 46.7 Å². The summed E-state index contributed by atoms with van der Waals surface area (Å²) in [6.45, 7) is 0. The maximum Gasteiger partial charge on any atom is 0.348 e. The third kappa shape index (κ3) is 1.56. The van der Waals surface area contributed by atoms with E-state index >= 15 is 0 Å². The number of hydrogen-bond donors (Lipinski definition) is 0. The van der Waals surface area contributed by atoms with Gasteiger partial charge in [-0.2, -0.15) is 8.78 Å². The summed E-state index contributed by atoms with van der Waals surface area (Å²) in [6, 6.07) is 0. The van der Waals surface area contributed by atoms with Crippen LogP contribution in [0.3, 0.4) is 0 Å². The van der Waals surface area contributed by atoms with Crippen LogP contribution in [-0.4, -0.2) is 7.58 Å². The maximum absolute atomic E-state index is 11.8. The van der Waals surface area contributed by atoms with Gasteiger partial charge in [-0.3, -0.25) is 0 Å². The number of hydrogen-bond acceptors (Lipinski definition) is 2. The Hall–Kier alpha value is 1.14. The summed E-state index contributed by atoms with van der Waals surface area (Å²) in [5.74, 6) is 0. The Morgan fingerprint density at radius 2 is 1.50 bits per heavy atom. The predicted molar refractivity (Wildman–Crippen MR) is 34.6 cm³/mol. The Labute approximate surface area is 63.3 Å². The van der Waals surface area contributed by atoms with Crippen LogP contribution in [0.15, 0.2) is 0 Å². The van der Waals surface area contributed by atoms with Crippen molar-refractivity contribution in [2.45, 2.75) is 7.58 Å². The van der Waals surface area contributed by atoms with Crippen molar-refractivity contribution in [1.82, 2.24) is 0 Å². The first-order valence-corrected chi connectivity index (χ1v) is 3.96. The fourth-order valence-electron chi connectivity index (χ4n) is 0.284. The SMILES string of the molecule is FC1(F)SC(Cl)(Cl)S1. The summed E-state index contributed by atoms with van der Waals surface area (Å²) in [5.41, 5.74) is 0. The second-order valence-corrected chi connectivity index (χ2v) is 6.53. The third-order valence-electron chi connectivity index (χ3n) is 0.475. The third-order valence-corrected chi connectivity index (χ3v) is 3.35. The van der Waals surface area contributed by atoms with Gasteiger partial charge in [0, 0.05) is 0 Å². The zero-order valence-electron chi connectivity index (χ0n) is 3.33. The average molecular weight is 197 g/mol. The molecule has 0 aliphatic carbocycles. The summed E-state index contributed by atoms with van der Waals surface area (Å²) in [5, 5.41) is 0. The van der Waals surface area contributed by atoms with E-state index in [0.29, 0.717) is 0 Å². The molecule has 0 aromatic rings. The van der Waals surface area contributed by atoms with Crippen molar-refractivity contribution < 1.29 is 8.78 Å². The summed E-state index contributed by atoms with van der Waals surface area (Å²) in [6.07, 6.45) is 0. The molecule has 1 rings (SSSR count). The molecule has 0 aromatic heterocycles. The lowest BCUT2D eigenvalue weighted by Gasteiger charge is -2.34. The monoisotopic (exact) mass is 196 g/mol. The van der Waals surface area contributed by atoms with Crippen LogP contribution in [0.2, 0.25) is 0 Å². The molecular weight excluding hydrogens is 197 g/mol. The van der Waals surface area contributed by atoms with E-state index in [1.807, 2.05) is 0 Å². The van der Waals surface area contributed by atoms with Gasteiger partial charge in [0.05, 0.1) is 0 Å². The molecule has 0 nitrogen and oxygen atoms in total. The van der Waals surface area contributed by atoms with Crippen LogP contribution in [0.5, 0.6) is 0 Å². The van der Waals surface area contributed by atoms with Gasteiger partial charge in [-0.15, -0.1) is 0 Å². The molecule has 0 amide bonds. The van der Waals surface area contributed by atoms with E-state index in [4.69, 9.17) is 23.2 Å². The zero-order valence-corrected chi connectivity index (χ0v) is 6.47. The maximum atomic E-state index is 11.8. The minimum Gasteiger partial charge on any atom is -0.182 e. The van der Waals surface area contributed by atoms with Gasteiger partial charge in [0.15, 0.2) is 0 Å². The fourth-order valence-corrected chi connectivity index (χ4v) is 3.69. The molecule has 1 aliphatic heterocycles. The summed E-state index contributed by atoms with van der Waals surface area (Å²) in [4.78, 5) is 0. The predicted octanol–water partition coefficient (Wildman–Crippen LogP) is 3.11. The quantitative estimate of drug-likeness (QED) is 0.547. The molecule has 0 atom stereocenters. The molecule has 0 unspecified atom stereocenters. The standard InChI is InChI=1S/C2Cl2F2S2/c3-1(4)7-2(5,6)8-1. The van der Waals surface area contributed by atoms with E-state index in [1.165, 1.54) is 0 Å². The van der Waals surface area contributed by atoms with Crippen LogP contribution < -0.4 is 0 Å². The normalized spacial score (nSPS) is 31.5. The van der Waals surface area contributed by atoms with Gasteiger partial charge in [0.25, 0.3) is 0 Å². The topological polar surface area (TPSA) is 0 Å². The Morgan fingerprint density at radius 1 is 1.12 bits per heavy atom. The van der Waals surface area contributed by atoms with Gasteiger partial charge < -0.3 is 0 Å². The molecule has 0 radical (unpaired) electrons. The lowest BCUT2D eigenvalue weighted by Crippen LogP contribution is -2.28.